The molecule has 112 valence electrons. The maximum absolute atomic E-state index is 12.9. The van der Waals surface area contributed by atoms with Crippen LogP contribution in [-0.4, -0.2) is 34.0 Å². The lowest BCUT2D eigenvalue weighted by atomic mass is 9.96. The summed E-state index contributed by atoms with van der Waals surface area (Å²) in [5.74, 6) is 0.117. The molecule has 2 N–H and O–H groups in total. The van der Waals surface area contributed by atoms with E-state index in [-0.39, 0.29) is 18.0 Å². The SMILES string of the molecule is CCCn1cc(Br)cc1C(=O)N1CCCCC1C(C)N. The van der Waals surface area contributed by atoms with Crippen LogP contribution in [0.1, 0.15) is 50.0 Å². The summed E-state index contributed by atoms with van der Waals surface area (Å²) in [7, 11) is 0. The minimum Gasteiger partial charge on any atom is -0.342 e. The highest BCUT2D eigenvalue weighted by Gasteiger charge is 2.31. The van der Waals surface area contributed by atoms with Gasteiger partial charge in [0.05, 0.1) is 0 Å². The number of hydrogen-bond acceptors (Lipinski definition) is 2. The van der Waals surface area contributed by atoms with Gasteiger partial charge in [0.1, 0.15) is 5.69 Å². The second-order valence-electron chi connectivity index (χ2n) is 5.66. The van der Waals surface area contributed by atoms with E-state index in [2.05, 4.69) is 22.9 Å². The summed E-state index contributed by atoms with van der Waals surface area (Å²) in [6.07, 6.45) is 6.25. The van der Waals surface area contributed by atoms with Crippen molar-refractivity contribution in [1.82, 2.24) is 9.47 Å². The van der Waals surface area contributed by atoms with Gasteiger partial charge >= 0.3 is 0 Å². The molecule has 0 aliphatic carbocycles. The second kappa shape index (κ2) is 6.76. The molecule has 1 aliphatic rings. The molecule has 0 bridgehead atoms. The van der Waals surface area contributed by atoms with E-state index in [1.807, 2.05) is 28.7 Å². The van der Waals surface area contributed by atoms with Crippen LogP contribution in [-0.2, 0) is 6.54 Å². The molecule has 5 heteroatoms. The van der Waals surface area contributed by atoms with Crippen molar-refractivity contribution in [3.63, 3.8) is 0 Å². The summed E-state index contributed by atoms with van der Waals surface area (Å²) in [4.78, 5) is 14.8. The standard InChI is InChI=1S/C15H24BrN3O/c1-3-7-18-10-12(16)9-14(18)15(20)19-8-5-4-6-13(19)11(2)17/h9-11,13H,3-8,17H2,1-2H3. The Balaban J connectivity index is 2.25. The zero-order chi connectivity index (χ0) is 14.7. The van der Waals surface area contributed by atoms with Gasteiger partial charge in [-0.25, -0.2) is 0 Å². The molecule has 1 aromatic rings. The molecular formula is C15H24BrN3O. The number of halogens is 1. The zero-order valence-electron chi connectivity index (χ0n) is 12.3. The molecule has 0 saturated carbocycles. The van der Waals surface area contributed by atoms with Crippen molar-refractivity contribution >= 4 is 21.8 Å². The lowest BCUT2D eigenvalue weighted by molar-refractivity contribution is 0.0572. The van der Waals surface area contributed by atoms with Gasteiger partial charge in [0.15, 0.2) is 0 Å². The van der Waals surface area contributed by atoms with Gasteiger partial charge in [-0.3, -0.25) is 4.79 Å². The van der Waals surface area contributed by atoms with Gasteiger partial charge in [-0.1, -0.05) is 6.92 Å². The lowest BCUT2D eigenvalue weighted by Crippen LogP contribution is -2.52. The number of nitrogens with zero attached hydrogens (tertiary/aromatic N) is 2. The first-order valence-electron chi connectivity index (χ1n) is 7.46. The Bertz CT molecular complexity index is 470. The van der Waals surface area contributed by atoms with Crippen molar-refractivity contribution in [3.8, 4) is 0 Å². The van der Waals surface area contributed by atoms with Crippen LogP contribution in [0, 0.1) is 0 Å². The average molecular weight is 342 g/mol. The molecule has 1 fully saturated rings. The largest absolute Gasteiger partial charge is 0.342 e. The number of aromatic nitrogens is 1. The molecule has 2 heterocycles. The van der Waals surface area contributed by atoms with E-state index in [4.69, 9.17) is 5.73 Å². The summed E-state index contributed by atoms with van der Waals surface area (Å²) in [6.45, 7) is 5.80. The summed E-state index contributed by atoms with van der Waals surface area (Å²) < 4.78 is 3.00. The number of aryl methyl sites for hydroxylation is 1. The fourth-order valence-corrected chi connectivity index (χ4v) is 3.45. The van der Waals surface area contributed by atoms with Crippen molar-refractivity contribution in [1.29, 1.82) is 0 Å². The molecule has 20 heavy (non-hydrogen) atoms. The van der Waals surface area contributed by atoms with Crippen LogP contribution in [0.4, 0.5) is 0 Å². The average Bonchev–Trinajstić information content (AvgIpc) is 2.79. The van der Waals surface area contributed by atoms with E-state index < -0.39 is 0 Å². The normalized spacial score (nSPS) is 21.0. The molecule has 0 spiro atoms. The Morgan fingerprint density at radius 2 is 2.30 bits per heavy atom. The van der Waals surface area contributed by atoms with E-state index in [0.717, 1.165) is 48.9 Å². The molecule has 1 amide bonds. The summed E-state index contributed by atoms with van der Waals surface area (Å²) in [6, 6.07) is 2.11. The third-order valence-corrected chi connectivity index (χ3v) is 4.40. The highest BCUT2D eigenvalue weighted by molar-refractivity contribution is 9.10. The maximum atomic E-state index is 12.9. The third-order valence-electron chi connectivity index (χ3n) is 3.96. The Morgan fingerprint density at radius 3 is 2.95 bits per heavy atom. The number of likely N-dealkylation sites (tertiary alicyclic amines) is 1. The highest BCUT2D eigenvalue weighted by atomic mass is 79.9. The van der Waals surface area contributed by atoms with Gasteiger partial charge in [-0.05, 0) is 54.6 Å². The first kappa shape index (κ1) is 15.6. The molecule has 1 saturated heterocycles. The van der Waals surface area contributed by atoms with Gasteiger partial charge in [0, 0.05) is 35.8 Å². The molecule has 1 aliphatic heterocycles. The fraction of sp³-hybridized carbons (Fsp3) is 0.667. The number of rotatable bonds is 4. The van der Waals surface area contributed by atoms with Crippen LogP contribution in [0.3, 0.4) is 0 Å². The predicted molar refractivity (Wildman–Crippen MR) is 84.7 cm³/mol. The molecule has 4 nitrogen and oxygen atoms in total. The fourth-order valence-electron chi connectivity index (χ4n) is 2.98. The molecule has 0 aromatic carbocycles. The van der Waals surface area contributed by atoms with Crippen molar-refractivity contribution < 1.29 is 4.79 Å². The monoisotopic (exact) mass is 341 g/mol. The molecule has 0 radical (unpaired) electrons. The minimum atomic E-state index is 0.0253. The third kappa shape index (κ3) is 3.26. The number of amides is 1. The van der Waals surface area contributed by atoms with E-state index in [1.54, 1.807) is 0 Å². The van der Waals surface area contributed by atoms with Crippen molar-refractivity contribution in [3.05, 3.63) is 22.4 Å². The van der Waals surface area contributed by atoms with Crippen LogP contribution in [0.25, 0.3) is 0 Å². The number of nitrogens with two attached hydrogens (primary N) is 1. The van der Waals surface area contributed by atoms with Crippen LogP contribution in [0.15, 0.2) is 16.7 Å². The molecule has 2 atom stereocenters. The summed E-state index contributed by atoms with van der Waals surface area (Å²) in [5.41, 5.74) is 6.84. The van der Waals surface area contributed by atoms with Gasteiger partial charge < -0.3 is 15.2 Å². The smallest absolute Gasteiger partial charge is 0.270 e. The van der Waals surface area contributed by atoms with Gasteiger partial charge in [-0.2, -0.15) is 0 Å². The Labute approximate surface area is 129 Å². The molecule has 1 aromatic heterocycles. The Morgan fingerprint density at radius 1 is 1.55 bits per heavy atom. The van der Waals surface area contributed by atoms with E-state index in [9.17, 15) is 4.79 Å². The predicted octanol–water partition coefficient (Wildman–Crippen LogP) is 3.00. The van der Waals surface area contributed by atoms with Crippen molar-refractivity contribution in [2.24, 2.45) is 5.73 Å². The van der Waals surface area contributed by atoms with E-state index >= 15 is 0 Å². The van der Waals surface area contributed by atoms with Crippen LogP contribution < -0.4 is 5.73 Å². The minimum absolute atomic E-state index is 0.0253. The van der Waals surface area contributed by atoms with E-state index in [0.29, 0.717) is 0 Å². The number of carbonyl (C=O) groups is 1. The number of piperidine rings is 1. The van der Waals surface area contributed by atoms with Crippen LogP contribution in [0.5, 0.6) is 0 Å². The number of carbonyl (C=O) groups excluding carboxylic acids is 1. The quantitative estimate of drug-likeness (QED) is 0.915. The van der Waals surface area contributed by atoms with Gasteiger partial charge in [0.2, 0.25) is 0 Å². The maximum Gasteiger partial charge on any atom is 0.270 e. The van der Waals surface area contributed by atoms with E-state index in [1.165, 1.54) is 0 Å². The van der Waals surface area contributed by atoms with Gasteiger partial charge in [0.25, 0.3) is 5.91 Å². The van der Waals surface area contributed by atoms with Crippen LogP contribution >= 0.6 is 15.9 Å². The second-order valence-corrected chi connectivity index (χ2v) is 6.57. The highest BCUT2D eigenvalue weighted by Crippen LogP contribution is 2.24. The zero-order valence-corrected chi connectivity index (χ0v) is 13.9. The topological polar surface area (TPSA) is 51.3 Å². The first-order chi connectivity index (χ1) is 9.54. The summed E-state index contributed by atoms with van der Waals surface area (Å²) >= 11 is 3.47. The lowest BCUT2D eigenvalue weighted by Gasteiger charge is -2.38. The van der Waals surface area contributed by atoms with Gasteiger partial charge in [-0.15, -0.1) is 0 Å². The first-order valence-corrected chi connectivity index (χ1v) is 8.26. The Kier molecular flexibility index (Phi) is 5.27. The van der Waals surface area contributed by atoms with Crippen molar-refractivity contribution in [2.45, 2.75) is 58.2 Å². The van der Waals surface area contributed by atoms with Crippen molar-refractivity contribution in [2.75, 3.05) is 6.54 Å². The molecule has 2 unspecified atom stereocenters. The molecular weight excluding hydrogens is 318 g/mol. The van der Waals surface area contributed by atoms with Crippen LogP contribution in [0.2, 0.25) is 0 Å². The number of hydrogen-bond donors (Lipinski definition) is 1. The summed E-state index contributed by atoms with van der Waals surface area (Å²) in [5, 5.41) is 0. The molecule has 2 rings (SSSR count). The Hall–Kier alpha value is -0.810.